The van der Waals surface area contributed by atoms with Crippen LogP contribution in [0.25, 0.3) is 0 Å². The molecule has 0 atom stereocenters. The van der Waals surface area contributed by atoms with E-state index in [-0.39, 0.29) is 17.3 Å². The number of nitrogens with zero attached hydrogens (tertiary/aromatic N) is 3. The summed E-state index contributed by atoms with van der Waals surface area (Å²) in [5.41, 5.74) is 0.906. The van der Waals surface area contributed by atoms with Crippen LogP contribution in [-0.4, -0.2) is 56.5 Å². The summed E-state index contributed by atoms with van der Waals surface area (Å²) < 4.78 is 34.4. The van der Waals surface area contributed by atoms with Gasteiger partial charge >= 0.3 is 10.2 Å². The molecule has 1 aliphatic heterocycles. The van der Waals surface area contributed by atoms with Crippen LogP contribution in [-0.2, 0) is 15.0 Å². The van der Waals surface area contributed by atoms with Crippen LogP contribution in [0.1, 0.15) is 19.4 Å². The SMILES string of the molecule is CCN(CC)C(=O)C1=CC(c2ccc(OC)cc2)=NS(=O)(=O)N1C. The molecular formula is C16H21N3O4S. The van der Waals surface area contributed by atoms with Gasteiger partial charge in [0.05, 0.1) is 12.8 Å². The van der Waals surface area contributed by atoms with Crippen molar-refractivity contribution < 1.29 is 17.9 Å². The molecule has 0 aromatic heterocycles. The molecule has 1 aliphatic rings. The number of benzene rings is 1. The van der Waals surface area contributed by atoms with Gasteiger partial charge in [0.15, 0.2) is 0 Å². The minimum atomic E-state index is -3.94. The van der Waals surface area contributed by atoms with Gasteiger partial charge in [-0.05, 0) is 44.2 Å². The number of hydrogen-bond acceptors (Lipinski definition) is 4. The van der Waals surface area contributed by atoms with Crippen molar-refractivity contribution in [2.24, 2.45) is 4.40 Å². The maximum atomic E-state index is 12.6. The maximum Gasteiger partial charge on any atom is 0.345 e. The first-order valence-electron chi connectivity index (χ1n) is 7.58. The van der Waals surface area contributed by atoms with Gasteiger partial charge in [-0.1, -0.05) is 0 Å². The maximum absolute atomic E-state index is 12.6. The van der Waals surface area contributed by atoms with Crippen LogP contribution >= 0.6 is 0 Å². The number of hydrogen-bond donors (Lipinski definition) is 0. The Balaban J connectivity index is 2.49. The van der Waals surface area contributed by atoms with Gasteiger partial charge in [0, 0.05) is 25.7 Å². The number of likely N-dealkylation sites (N-methyl/N-ethyl adjacent to an activating group) is 2. The summed E-state index contributed by atoms with van der Waals surface area (Å²) in [7, 11) is -1.07. The Morgan fingerprint density at radius 2 is 1.79 bits per heavy atom. The van der Waals surface area contributed by atoms with E-state index in [2.05, 4.69) is 4.40 Å². The van der Waals surface area contributed by atoms with E-state index in [1.807, 2.05) is 13.8 Å². The van der Waals surface area contributed by atoms with E-state index in [4.69, 9.17) is 4.74 Å². The number of carbonyl (C=O) groups is 1. The van der Waals surface area contributed by atoms with Crippen molar-refractivity contribution in [3.05, 3.63) is 41.6 Å². The van der Waals surface area contributed by atoms with E-state index in [1.165, 1.54) is 13.1 Å². The highest BCUT2D eigenvalue weighted by atomic mass is 32.2. The van der Waals surface area contributed by atoms with Crippen molar-refractivity contribution in [1.29, 1.82) is 0 Å². The number of ether oxygens (including phenoxy) is 1. The van der Waals surface area contributed by atoms with Crippen LogP contribution in [0.5, 0.6) is 5.75 Å². The zero-order valence-electron chi connectivity index (χ0n) is 14.2. The zero-order valence-corrected chi connectivity index (χ0v) is 15.0. The average Bonchev–Trinajstić information content (AvgIpc) is 2.58. The van der Waals surface area contributed by atoms with Gasteiger partial charge in [-0.3, -0.25) is 4.79 Å². The molecule has 24 heavy (non-hydrogen) atoms. The fourth-order valence-electron chi connectivity index (χ4n) is 2.32. The van der Waals surface area contributed by atoms with Gasteiger partial charge in [-0.2, -0.15) is 8.42 Å². The second-order valence-corrected chi connectivity index (χ2v) is 6.78. The Morgan fingerprint density at radius 1 is 1.21 bits per heavy atom. The van der Waals surface area contributed by atoms with Crippen LogP contribution in [0.2, 0.25) is 0 Å². The molecule has 1 amide bonds. The highest BCUT2D eigenvalue weighted by Gasteiger charge is 2.31. The third-order valence-corrected chi connectivity index (χ3v) is 5.14. The Hall–Kier alpha value is -2.35. The van der Waals surface area contributed by atoms with Crippen molar-refractivity contribution in [2.75, 3.05) is 27.2 Å². The summed E-state index contributed by atoms with van der Waals surface area (Å²) in [6.45, 7) is 4.68. The van der Waals surface area contributed by atoms with Crippen molar-refractivity contribution in [1.82, 2.24) is 9.21 Å². The normalized spacial score (nSPS) is 16.2. The standard InChI is InChI=1S/C16H21N3O4S/c1-5-19(6-2)16(20)15-11-14(17-24(21,22)18(15)3)12-7-9-13(23-4)10-8-12/h7-11H,5-6H2,1-4H3. The molecule has 1 aromatic carbocycles. The highest BCUT2D eigenvalue weighted by molar-refractivity contribution is 7.88. The smallest absolute Gasteiger partial charge is 0.345 e. The molecule has 0 spiro atoms. The van der Waals surface area contributed by atoms with E-state index in [0.29, 0.717) is 24.4 Å². The molecular weight excluding hydrogens is 330 g/mol. The predicted molar refractivity (Wildman–Crippen MR) is 92.2 cm³/mol. The van der Waals surface area contributed by atoms with E-state index >= 15 is 0 Å². The molecule has 2 rings (SSSR count). The second kappa shape index (κ2) is 7.04. The van der Waals surface area contributed by atoms with Gasteiger partial charge in [0.2, 0.25) is 0 Å². The van der Waals surface area contributed by atoms with Crippen LogP contribution in [0.3, 0.4) is 0 Å². The molecule has 0 saturated heterocycles. The summed E-state index contributed by atoms with van der Waals surface area (Å²) in [5.74, 6) is 0.311. The summed E-state index contributed by atoms with van der Waals surface area (Å²) >= 11 is 0. The molecule has 8 heteroatoms. The summed E-state index contributed by atoms with van der Waals surface area (Å²) in [6.07, 6.45) is 1.50. The molecule has 0 bridgehead atoms. The molecule has 0 N–H and O–H groups in total. The number of rotatable bonds is 5. The molecule has 0 aliphatic carbocycles. The van der Waals surface area contributed by atoms with Gasteiger partial charge in [0.25, 0.3) is 5.91 Å². The number of methoxy groups -OCH3 is 1. The van der Waals surface area contributed by atoms with Crippen molar-refractivity contribution in [3.8, 4) is 5.75 Å². The van der Waals surface area contributed by atoms with Crippen molar-refractivity contribution in [2.45, 2.75) is 13.8 Å². The first-order chi connectivity index (χ1) is 11.3. The van der Waals surface area contributed by atoms with Gasteiger partial charge in [-0.15, -0.1) is 4.40 Å². The summed E-state index contributed by atoms with van der Waals surface area (Å²) in [6, 6.07) is 6.83. The highest BCUT2D eigenvalue weighted by Crippen LogP contribution is 2.22. The van der Waals surface area contributed by atoms with Gasteiger partial charge in [0.1, 0.15) is 11.4 Å². The summed E-state index contributed by atoms with van der Waals surface area (Å²) in [4.78, 5) is 14.2. The Morgan fingerprint density at radius 3 is 2.29 bits per heavy atom. The number of allylic oxidation sites excluding steroid dienone is 1. The topological polar surface area (TPSA) is 79.3 Å². The fraction of sp³-hybridized carbons (Fsp3) is 0.375. The van der Waals surface area contributed by atoms with Crippen LogP contribution < -0.4 is 4.74 Å². The zero-order chi connectivity index (χ0) is 17.9. The third kappa shape index (κ3) is 3.43. The molecule has 0 saturated carbocycles. The Kier molecular flexibility index (Phi) is 5.28. The molecule has 0 radical (unpaired) electrons. The van der Waals surface area contributed by atoms with Gasteiger partial charge in [-0.25, -0.2) is 4.31 Å². The lowest BCUT2D eigenvalue weighted by Crippen LogP contribution is -2.40. The number of amides is 1. The molecule has 0 unspecified atom stereocenters. The molecule has 130 valence electrons. The minimum absolute atomic E-state index is 0.0829. The lowest BCUT2D eigenvalue weighted by atomic mass is 10.1. The van der Waals surface area contributed by atoms with E-state index in [0.717, 1.165) is 4.31 Å². The first kappa shape index (κ1) is 18.0. The quantitative estimate of drug-likeness (QED) is 0.804. The molecule has 1 heterocycles. The van der Waals surface area contributed by atoms with Crippen LogP contribution in [0.15, 0.2) is 40.4 Å². The monoisotopic (exact) mass is 351 g/mol. The lowest BCUT2D eigenvalue weighted by Gasteiger charge is -2.27. The molecule has 1 aromatic rings. The third-order valence-electron chi connectivity index (χ3n) is 3.83. The predicted octanol–water partition coefficient (Wildman–Crippen LogP) is 1.43. The van der Waals surface area contributed by atoms with Crippen molar-refractivity contribution >= 4 is 21.8 Å². The Bertz CT molecular complexity index is 778. The fourth-order valence-corrected chi connectivity index (χ4v) is 3.23. The molecule has 7 nitrogen and oxygen atoms in total. The Labute approximate surface area is 142 Å². The lowest BCUT2D eigenvalue weighted by molar-refractivity contribution is -0.127. The first-order valence-corrected chi connectivity index (χ1v) is 8.98. The summed E-state index contributed by atoms with van der Waals surface area (Å²) in [5, 5.41) is 0. The number of carbonyl (C=O) groups excluding carboxylic acids is 1. The molecule has 0 fully saturated rings. The average molecular weight is 351 g/mol. The second-order valence-electron chi connectivity index (χ2n) is 5.16. The minimum Gasteiger partial charge on any atom is -0.497 e. The van der Waals surface area contributed by atoms with Crippen LogP contribution in [0, 0.1) is 0 Å². The van der Waals surface area contributed by atoms with E-state index in [9.17, 15) is 13.2 Å². The van der Waals surface area contributed by atoms with Crippen molar-refractivity contribution in [3.63, 3.8) is 0 Å². The van der Waals surface area contributed by atoms with Crippen LogP contribution in [0.4, 0.5) is 0 Å². The van der Waals surface area contributed by atoms with E-state index < -0.39 is 10.2 Å². The van der Waals surface area contributed by atoms with E-state index in [1.54, 1.807) is 36.3 Å². The largest absolute Gasteiger partial charge is 0.497 e. The van der Waals surface area contributed by atoms with Gasteiger partial charge < -0.3 is 9.64 Å².